The van der Waals surface area contributed by atoms with E-state index in [0.717, 1.165) is 28.0 Å². The van der Waals surface area contributed by atoms with Crippen LogP contribution in [0.2, 0.25) is 0 Å². The monoisotopic (exact) mass is 563 g/mol. The maximum atomic E-state index is 12.4. The summed E-state index contributed by atoms with van der Waals surface area (Å²) in [6, 6.07) is 11.7. The zero-order valence-corrected chi connectivity index (χ0v) is 23.8. The molecule has 1 fully saturated rings. The predicted molar refractivity (Wildman–Crippen MR) is 155 cm³/mol. The molecule has 10 nitrogen and oxygen atoms in total. The Labute approximate surface area is 236 Å². The number of hydrogen-bond acceptors (Lipinski definition) is 9. The Morgan fingerprint density at radius 1 is 1.25 bits per heavy atom. The first-order chi connectivity index (χ1) is 19.2. The summed E-state index contributed by atoms with van der Waals surface area (Å²) in [7, 11) is 0. The molecule has 1 aromatic carbocycles. The smallest absolute Gasteiger partial charge is 0.407 e. The molecular weight excluding hydrogens is 530 g/mol. The lowest BCUT2D eigenvalue weighted by Gasteiger charge is -2.20. The fourth-order valence-corrected chi connectivity index (χ4v) is 5.34. The first kappa shape index (κ1) is 27.6. The molecule has 0 aliphatic carbocycles. The Morgan fingerprint density at radius 2 is 2.08 bits per heavy atom. The van der Waals surface area contributed by atoms with Crippen LogP contribution in [-0.2, 0) is 16.0 Å². The predicted octanol–water partition coefficient (Wildman–Crippen LogP) is 5.41. The molecule has 5 rings (SSSR count). The molecule has 1 aliphatic rings. The Kier molecular flexibility index (Phi) is 8.04. The van der Waals surface area contributed by atoms with Crippen LogP contribution in [0.15, 0.2) is 52.8 Å². The van der Waals surface area contributed by atoms with Crippen molar-refractivity contribution in [2.75, 3.05) is 18.5 Å². The minimum atomic E-state index is -0.559. The molecular formula is C29H33N5O5S. The lowest BCUT2D eigenvalue weighted by molar-refractivity contribution is 0.0523. The van der Waals surface area contributed by atoms with Gasteiger partial charge in [-0.05, 0) is 55.8 Å². The summed E-state index contributed by atoms with van der Waals surface area (Å²) >= 11 is 1.62. The quantitative estimate of drug-likeness (QED) is 0.260. The van der Waals surface area contributed by atoms with Gasteiger partial charge in [0.2, 0.25) is 5.88 Å². The van der Waals surface area contributed by atoms with Crippen molar-refractivity contribution in [2.24, 2.45) is 0 Å². The number of anilines is 1. The summed E-state index contributed by atoms with van der Waals surface area (Å²) in [5.41, 5.74) is 2.19. The molecule has 4 aromatic rings. The number of carbonyl (C=O) groups excluding carboxylic acids is 1. The number of hydrogen-bond donors (Lipinski definition) is 3. The molecule has 1 saturated heterocycles. The van der Waals surface area contributed by atoms with Crippen molar-refractivity contribution in [3.05, 3.63) is 68.8 Å². The molecule has 3 N–H and O–H groups in total. The van der Waals surface area contributed by atoms with Crippen LogP contribution >= 0.6 is 11.3 Å². The largest absolute Gasteiger partial charge is 0.472 e. The van der Waals surface area contributed by atoms with Gasteiger partial charge >= 0.3 is 6.09 Å². The van der Waals surface area contributed by atoms with Gasteiger partial charge in [0, 0.05) is 35.5 Å². The topological polar surface area (TPSA) is 127 Å². The van der Waals surface area contributed by atoms with Gasteiger partial charge in [-0.15, -0.1) is 11.3 Å². The van der Waals surface area contributed by atoms with Gasteiger partial charge in [0.05, 0.1) is 24.6 Å². The maximum Gasteiger partial charge on any atom is 0.407 e. The average Bonchev–Trinajstić information content (AvgIpc) is 3.61. The number of ether oxygens (including phenoxy) is 3. The SMILES string of the molecule is C[C@@H](Nc1n[nH]c(=O)c2cnc(O[C@H]3CCOC3)cc12)c1cc(-c2ccccc2CNC(=O)OC(C)(C)C)cs1. The molecule has 0 unspecified atom stereocenters. The number of benzene rings is 1. The number of amides is 1. The van der Waals surface area contributed by atoms with Crippen LogP contribution in [0.4, 0.5) is 10.6 Å². The highest BCUT2D eigenvalue weighted by Gasteiger charge is 2.20. The van der Waals surface area contributed by atoms with Gasteiger partial charge in [0.15, 0.2) is 5.82 Å². The summed E-state index contributed by atoms with van der Waals surface area (Å²) < 4.78 is 16.7. The summed E-state index contributed by atoms with van der Waals surface area (Å²) in [4.78, 5) is 30.0. The number of alkyl carbamates (subject to hydrolysis) is 1. The number of nitrogens with one attached hydrogen (secondary N) is 3. The second-order valence-electron chi connectivity index (χ2n) is 10.7. The number of aromatic nitrogens is 3. The highest BCUT2D eigenvalue weighted by Crippen LogP contribution is 2.33. The van der Waals surface area contributed by atoms with Crippen molar-refractivity contribution in [1.29, 1.82) is 0 Å². The van der Waals surface area contributed by atoms with Crippen LogP contribution in [0.5, 0.6) is 5.88 Å². The Bertz CT molecular complexity index is 1550. The highest BCUT2D eigenvalue weighted by molar-refractivity contribution is 7.10. The molecule has 0 spiro atoms. The number of rotatable bonds is 8. The molecule has 1 aliphatic heterocycles. The van der Waals surface area contributed by atoms with Crippen molar-refractivity contribution in [1.82, 2.24) is 20.5 Å². The average molecular weight is 564 g/mol. The molecule has 11 heteroatoms. The van der Waals surface area contributed by atoms with Gasteiger partial charge in [0.25, 0.3) is 5.56 Å². The molecule has 210 valence electrons. The zero-order chi connectivity index (χ0) is 28.3. The van der Waals surface area contributed by atoms with E-state index in [1.54, 1.807) is 17.4 Å². The molecule has 3 aromatic heterocycles. The van der Waals surface area contributed by atoms with E-state index in [2.05, 4.69) is 37.3 Å². The lowest BCUT2D eigenvalue weighted by Crippen LogP contribution is -2.32. The molecule has 0 saturated carbocycles. The molecule has 1 amide bonds. The van der Waals surface area contributed by atoms with Crippen molar-refractivity contribution in [2.45, 2.75) is 58.4 Å². The van der Waals surface area contributed by atoms with E-state index in [1.807, 2.05) is 52.0 Å². The minimum Gasteiger partial charge on any atom is -0.472 e. The van der Waals surface area contributed by atoms with Crippen molar-refractivity contribution < 1.29 is 19.0 Å². The third-order valence-electron chi connectivity index (χ3n) is 6.37. The number of pyridine rings is 1. The van der Waals surface area contributed by atoms with Crippen molar-refractivity contribution in [3.8, 4) is 17.0 Å². The van der Waals surface area contributed by atoms with E-state index in [9.17, 15) is 9.59 Å². The number of nitrogens with zero attached hydrogens (tertiary/aromatic N) is 2. The Morgan fingerprint density at radius 3 is 2.85 bits per heavy atom. The van der Waals surface area contributed by atoms with E-state index >= 15 is 0 Å². The third-order valence-corrected chi connectivity index (χ3v) is 7.49. The lowest BCUT2D eigenvalue weighted by atomic mass is 10.0. The van der Waals surface area contributed by atoms with Crippen molar-refractivity contribution in [3.63, 3.8) is 0 Å². The fraction of sp³-hybridized carbons (Fsp3) is 0.379. The number of thiophene rings is 1. The van der Waals surface area contributed by atoms with E-state index in [4.69, 9.17) is 14.2 Å². The van der Waals surface area contributed by atoms with Gasteiger partial charge in [-0.3, -0.25) is 4.79 Å². The van der Waals surface area contributed by atoms with Crippen LogP contribution in [0.1, 0.15) is 50.6 Å². The molecule has 0 bridgehead atoms. The number of H-pyrrole nitrogens is 1. The van der Waals surface area contributed by atoms with E-state index in [1.165, 1.54) is 6.20 Å². The summed E-state index contributed by atoms with van der Waals surface area (Å²) in [5.74, 6) is 0.968. The Hall–Kier alpha value is -3.96. The van der Waals surface area contributed by atoms with Crippen LogP contribution in [-0.4, -0.2) is 46.2 Å². The van der Waals surface area contributed by atoms with E-state index in [-0.39, 0.29) is 17.7 Å². The fourth-order valence-electron chi connectivity index (χ4n) is 4.43. The molecule has 0 radical (unpaired) electrons. The zero-order valence-electron chi connectivity index (χ0n) is 22.9. The van der Waals surface area contributed by atoms with E-state index < -0.39 is 11.7 Å². The van der Waals surface area contributed by atoms with Crippen LogP contribution in [0.3, 0.4) is 0 Å². The Balaban J connectivity index is 1.33. The highest BCUT2D eigenvalue weighted by atomic mass is 32.1. The van der Waals surface area contributed by atoms with Crippen LogP contribution < -0.4 is 20.9 Å². The van der Waals surface area contributed by atoms with Gasteiger partial charge in [-0.1, -0.05) is 24.3 Å². The normalized spacial score (nSPS) is 16.1. The summed E-state index contributed by atoms with van der Waals surface area (Å²) in [5, 5.41) is 16.3. The van der Waals surface area contributed by atoms with Gasteiger partial charge in [0.1, 0.15) is 11.7 Å². The number of aromatic amines is 1. The number of carbonyl (C=O) groups is 1. The van der Waals surface area contributed by atoms with Crippen LogP contribution in [0, 0.1) is 0 Å². The van der Waals surface area contributed by atoms with Gasteiger partial charge < -0.3 is 24.8 Å². The first-order valence-electron chi connectivity index (χ1n) is 13.2. The van der Waals surface area contributed by atoms with E-state index in [0.29, 0.717) is 42.2 Å². The molecule has 2 atom stereocenters. The second-order valence-corrected chi connectivity index (χ2v) is 11.6. The second kappa shape index (κ2) is 11.6. The minimum absolute atomic E-state index is 0.0537. The summed E-state index contributed by atoms with van der Waals surface area (Å²) in [6.07, 6.45) is 1.81. The van der Waals surface area contributed by atoms with Gasteiger partial charge in [-0.2, -0.15) is 5.10 Å². The number of fused-ring (bicyclic) bond motifs is 1. The van der Waals surface area contributed by atoms with Crippen LogP contribution in [0.25, 0.3) is 21.9 Å². The third kappa shape index (κ3) is 6.60. The molecule has 4 heterocycles. The first-order valence-corrected chi connectivity index (χ1v) is 14.1. The maximum absolute atomic E-state index is 12.4. The molecule has 40 heavy (non-hydrogen) atoms. The van der Waals surface area contributed by atoms with Gasteiger partial charge in [-0.25, -0.2) is 14.9 Å². The van der Waals surface area contributed by atoms with Crippen molar-refractivity contribution >= 4 is 34.0 Å². The standard InChI is InChI=1S/C29H33N5O5S/c1-17(32-26-22-12-25(38-20-9-10-37-15-20)30-14-23(22)27(35)34-33-26)24-11-19(16-40-24)21-8-6-5-7-18(21)13-31-28(36)39-29(2,3)4/h5-8,11-12,14,16-17,20H,9-10,13,15H2,1-4H3,(H,31,36)(H,32,33)(H,34,35)/t17-,20+/m1/s1. The summed E-state index contributed by atoms with van der Waals surface area (Å²) in [6.45, 7) is 9.09.